The number of piperidine rings is 1. The molecule has 0 spiro atoms. The Kier molecular flexibility index (Phi) is 6.14. The summed E-state index contributed by atoms with van der Waals surface area (Å²) in [6.45, 7) is 9.35. The van der Waals surface area contributed by atoms with Gasteiger partial charge in [-0.15, -0.1) is 0 Å². The van der Waals surface area contributed by atoms with Crippen LogP contribution < -0.4 is 10.2 Å². The molecule has 33 heavy (non-hydrogen) atoms. The van der Waals surface area contributed by atoms with E-state index in [4.69, 9.17) is 4.74 Å². The van der Waals surface area contributed by atoms with Gasteiger partial charge in [0.25, 0.3) is 0 Å². The maximum Gasteiger partial charge on any atom is 0.357 e. The van der Waals surface area contributed by atoms with Crippen molar-refractivity contribution in [2.45, 2.75) is 58.6 Å². The average Bonchev–Trinajstić information content (AvgIpc) is 2.91. The Morgan fingerprint density at radius 2 is 1.91 bits per heavy atom. The second kappa shape index (κ2) is 8.88. The molecule has 0 unspecified atom stereocenters. The summed E-state index contributed by atoms with van der Waals surface area (Å²) in [5, 5.41) is 12.7. The van der Waals surface area contributed by atoms with Crippen molar-refractivity contribution in [3.05, 3.63) is 41.3 Å². The van der Waals surface area contributed by atoms with E-state index in [1.165, 1.54) is 6.33 Å². The van der Waals surface area contributed by atoms with Gasteiger partial charge in [0.2, 0.25) is 0 Å². The number of urea groups is 1. The van der Waals surface area contributed by atoms with Gasteiger partial charge in [-0.05, 0) is 70.7 Å². The van der Waals surface area contributed by atoms with Crippen LogP contribution >= 0.6 is 0 Å². The number of fused-ring (bicyclic) bond motifs is 1. The van der Waals surface area contributed by atoms with Crippen LogP contribution in [0.25, 0.3) is 0 Å². The maximum atomic E-state index is 12.9. The first-order valence-corrected chi connectivity index (χ1v) is 11.3. The molecule has 2 N–H and O–H groups in total. The summed E-state index contributed by atoms with van der Waals surface area (Å²) in [7, 11) is 0. The summed E-state index contributed by atoms with van der Waals surface area (Å²) in [6, 6.07) is 5.04. The number of hydrogen-bond acceptors (Lipinski definition) is 7. The molecule has 1 aromatic carbocycles. The zero-order valence-electron chi connectivity index (χ0n) is 19.6. The fourth-order valence-corrected chi connectivity index (χ4v) is 4.47. The van der Waals surface area contributed by atoms with Gasteiger partial charge >= 0.3 is 12.0 Å². The van der Waals surface area contributed by atoms with Crippen LogP contribution in [0.3, 0.4) is 0 Å². The highest BCUT2D eigenvalue weighted by Crippen LogP contribution is 2.29. The minimum Gasteiger partial charge on any atom is -0.508 e. The molecular weight excluding hydrogens is 422 g/mol. The number of ether oxygens (including phenoxy) is 1. The zero-order chi connectivity index (χ0) is 23.8. The van der Waals surface area contributed by atoms with Gasteiger partial charge in [-0.1, -0.05) is 0 Å². The number of anilines is 2. The largest absolute Gasteiger partial charge is 0.508 e. The smallest absolute Gasteiger partial charge is 0.357 e. The number of hydrogen-bond donors (Lipinski definition) is 2. The fraction of sp³-hybridized carbons (Fsp3) is 0.500. The molecular formula is C24H31N5O4. The number of aromatic nitrogens is 2. The number of benzene rings is 1. The van der Waals surface area contributed by atoms with Gasteiger partial charge in [-0.25, -0.2) is 19.6 Å². The van der Waals surface area contributed by atoms with Crippen molar-refractivity contribution in [2.75, 3.05) is 29.9 Å². The topological polar surface area (TPSA) is 108 Å². The van der Waals surface area contributed by atoms with E-state index in [0.29, 0.717) is 31.6 Å². The number of carbonyl (C=O) groups excluding carboxylic acids is 2. The molecule has 0 bridgehead atoms. The van der Waals surface area contributed by atoms with Gasteiger partial charge in [-0.2, -0.15) is 0 Å². The number of phenolic OH excluding ortho intramolecular Hbond substituents is 1. The van der Waals surface area contributed by atoms with Crippen LogP contribution in [-0.2, 0) is 11.2 Å². The molecule has 2 aromatic rings. The van der Waals surface area contributed by atoms with E-state index in [2.05, 4.69) is 20.2 Å². The monoisotopic (exact) mass is 453 g/mol. The van der Waals surface area contributed by atoms with Crippen molar-refractivity contribution in [3.8, 4) is 5.75 Å². The van der Waals surface area contributed by atoms with E-state index in [9.17, 15) is 14.7 Å². The number of nitrogens with zero attached hydrogens (tertiary/aromatic N) is 4. The number of nitrogens with one attached hydrogen (secondary N) is 1. The van der Waals surface area contributed by atoms with Crippen LogP contribution in [0.15, 0.2) is 24.5 Å². The third-order valence-electron chi connectivity index (χ3n) is 6.07. The lowest BCUT2D eigenvalue weighted by atomic mass is 10.0. The van der Waals surface area contributed by atoms with Gasteiger partial charge in [0.15, 0.2) is 5.69 Å². The molecule has 2 aliphatic heterocycles. The molecule has 176 valence electrons. The number of rotatable bonds is 3. The number of esters is 1. The Balaban J connectivity index is 1.43. The zero-order valence-corrected chi connectivity index (χ0v) is 19.6. The van der Waals surface area contributed by atoms with Gasteiger partial charge in [0.05, 0.1) is 0 Å². The van der Waals surface area contributed by atoms with E-state index in [-0.39, 0.29) is 23.5 Å². The summed E-state index contributed by atoms with van der Waals surface area (Å²) in [5.74, 6) is 0.480. The normalized spacial score (nSPS) is 17.3. The lowest BCUT2D eigenvalue weighted by Crippen LogP contribution is -2.49. The summed E-state index contributed by atoms with van der Waals surface area (Å²) >= 11 is 0. The Morgan fingerprint density at radius 1 is 1.18 bits per heavy atom. The van der Waals surface area contributed by atoms with Crippen LogP contribution in [0.1, 0.15) is 55.2 Å². The summed E-state index contributed by atoms with van der Waals surface area (Å²) < 4.78 is 5.49. The van der Waals surface area contributed by atoms with E-state index < -0.39 is 11.6 Å². The molecule has 2 aliphatic rings. The lowest BCUT2D eigenvalue weighted by Gasteiger charge is -2.38. The third-order valence-corrected chi connectivity index (χ3v) is 6.07. The van der Waals surface area contributed by atoms with Crippen molar-refractivity contribution in [1.29, 1.82) is 0 Å². The second-order valence-corrected chi connectivity index (χ2v) is 9.61. The lowest BCUT2D eigenvalue weighted by molar-refractivity contribution is 0.00616. The Bertz CT molecular complexity index is 1060. The summed E-state index contributed by atoms with van der Waals surface area (Å²) in [5.41, 5.74) is 2.08. The predicted octanol–water partition coefficient (Wildman–Crippen LogP) is 3.50. The molecule has 0 atom stereocenters. The van der Waals surface area contributed by atoms with E-state index in [0.717, 1.165) is 29.9 Å². The molecule has 3 heterocycles. The number of phenols is 1. The summed E-state index contributed by atoms with van der Waals surface area (Å²) in [4.78, 5) is 38.1. The van der Waals surface area contributed by atoms with Gasteiger partial charge in [-0.3, -0.25) is 0 Å². The minimum atomic E-state index is -0.598. The highest BCUT2D eigenvalue weighted by molar-refractivity contribution is 5.91. The van der Waals surface area contributed by atoms with Crippen molar-refractivity contribution in [3.63, 3.8) is 0 Å². The summed E-state index contributed by atoms with van der Waals surface area (Å²) in [6.07, 6.45) is 3.68. The van der Waals surface area contributed by atoms with Crippen LogP contribution in [0.2, 0.25) is 0 Å². The molecule has 9 nitrogen and oxygen atoms in total. The molecule has 9 heteroatoms. The second-order valence-electron chi connectivity index (χ2n) is 9.61. The molecule has 1 fully saturated rings. The van der Waals surface area contributed by atoms with Crippen molar-refractivity contribution in [2.24, 2.45) is 0 Å². The van der Waals surface area contributed by atoms with Gasteiger partial charge < -0.3 is 25.0 Å². The average molecular weight is 454 g/mol. The molecule has 1 saturated heterocycles. The molecule has 0 aliphatic carbocycles. The van der Waals surface area contributed by atoms with Crippen LogP contribution in [0, 0.1) is 6.92 Å². The van der Waals surface area contributed by atoms with Crippen molar-refractivity contribution < 1.29 is 19.4 Å². The van der Waals surface area contributed by atoms with E-state index >= 15 is 0 Å². The Labute approximate surface area is 193 Å². The number of aromatic hydroxyl groups is 1. The standard InChI is InChI=1S/C24H31N5O4/c1-15-20(22(31)33-24(2,3)4)25-14-26-21(15)28-10-8-17(9-11-28)29-12-7-16-13-18(30)5-6-19(16)27-23(29)32/h5-6,13-14,17,30H,7-12H2,1-4H3,(H,27,32). The van der Waals surface area contributed by atoms with Gasteiger partial charge in [0.1, 0.15) is 23.5 Å². The Morgan fingerprint density at radius 3 is 2.61 bits per heavy atom. The third kappa shape index (κ3) is 5.02. The molecule has 0 radical (unpaired) electrons. The van der Waals surface area contributed by atoms with Gasteiger partial charge in [0, 0.05) is 36.9 Å². The first-order valence-electron chi connectivity index (χ1n) is 11.3. The highest BCUT2D eigenvalue weighted by Gasteiger charge is 2.31. The van der Waals surface area contributed by atoms with Crippen LogP contribution in [0.5, 0.6) is 5.75 Å². The molecule has 2 amide bonds. The highest BCUT2D eigenvalue weighted by atomic mass is 16.6. The molecule has 1 aromatic heterocycles. The Hall–Kier alpha value is -3.36. The van der Waals surface area contributed by atoms with Crippen molar-refractivity contribution >= 4 is 23.5 Å². The first-order chi connectivity index (χ1) is 15.6. The molecule has 4 rings (SSSR count). The van der Waals surface area contributed by atoms with E-state index in [1.54, 1.807) is 18.2 Å². The van der Waals surface area contributed by atoms with Crippen LogP contribution in [0.4, 0.5) is 16.3 Å². The van der Waals surface area contributed by atoms with Crippen molar-refractivity contribution in [1.82, 2.24) is 14.9 Å². The first kappa shape index (κ1) is 22.8. The molecule has 0 saturated carbocycles. The van der Waals surface area contributed by atoms with Crippen LogP contribution in [-0.4, -0.2) is 63.3 Å². The fourth-order valence-electron chi connectivity index (χ4n) is 4.47. The quantitative estimate of drug-likeness (QED) is 0.541. The predicted molar refractivity (Wildman–Crippen MR) is 125 cm³/mol. The number of carbonyl (C=O) groups is 2. The minimum absolute atomic E-state index is 0.108. The SMILES string of the molecule is Cc1c(C(=O)OC(C)(C)C)ncnc1N1CCC(N2CCc3cc(O)ccc3NC2=O)CC1. The maximum absolute atomic E-state index is 12.9. The number of amides is 2. The van der Waals surface area contributed by atoms with E-state index in [1.807, 2.05) is 32.6 Å².